The van der Waals surface area contributed by atoms with E-state index >= 15 is 0 Å². The molecule has 0 spiro atoms. The van der Waals surface area contributed by atoms with E-state index in [0.29, 0.717) is 11.6 Å². The van der Waals surface area contributed by atoms with Crippen molar-refractivity contribution in [3.63, 3.8) is 0 Å². The van der Waals surface area contributed by atoms with Gasteiger partial charge < -0.3 is 4.74 Å². The second-order valence-electron chi connectivity index (χ2n) is 3.18. The Balaban J connectivity index is 2.31. The predicted molar refractivity (Wildman–Crippen MR) is 59.1 cm³/mol. The third-order valence-corrected chi connectivity index (χ3v) is 3.62. The van der Waals surface area contributed by atoms with Gasteiger partial charge >= 0.3 is 0 Å². The fourth-order valence-electron chi connectivity index (χ4n) is 1.67. The van der Waals surface area contributed by atoms with Crippen LogP contribution in [0.15, 0.2) is 29.6 Å². The molecule has 1 aliphatic heterocycles. The van der Waals surface area contributed by atoms with Gasteiger partial charge in [-0.1, -0.05) is 17.7 Å². The molecule has 3 rings (SSSR count). The van der Waals surface area contributed by atoms with Crippen LogP contribution in [-0.2, 0) is 6.61 Å². The van der Waals surface area contributed by atoms with Crippen LogP contribution in [0.1, 0.15) is 5.56 Å². The number of hydrogen-bond acceptors (Lipinski definition) is 2. The first kappa shape index (κ1) is 8.33. The second-order valence-corrected chi connectivity index (χ2v) is 4.50. The molecule has 0 unspecified atom stereocenters. The Labute approximate surface area is 90.9 Å². The molecule has 1 aromatic heterocycles. The topological polar surface area (TPSA) is 9.23 Å². The molecule has 2 aromatic rings. The first-order valence-electron chi connectivity index (χ1n) is 4.34. The minimum absolute atomic E-state index is 0.634. The molecule has 0 N–H and O–H groups in total. The summed E-state index contributed by atoms with van der Waals surface area (Å²) in [6.07, 6.45) is 0. The molecule has 0 aliphatic carbocycles. The van der Waals surface area contributed by atoms with Crippen LogP contribution < -0.4 is 4.74 Å². The average molecular weight is 223 g/mol. The third kappa shape index (κ3) is 1.08. The zero-order valence-electron chi connectivity index (χ0n) is 7.29. The van der Waals surface area contributed by atoms with Crippen molar-refractivity contribution in [3.8, 4) is 16.2 Å². The van der Waals surface area contributed by atoms with Gasteiger partial charge in [0.1, 0.15) is 12.4 Å². The zero-order chi connectivity index (χ0) is 9.54. The van der Waals surface area contributed by atoms with Crippen LogP contribution >= 0.6 is 22.9 Å². The lowest BCUT2D eigenvalue weighted by Crippen LogP contribution is -2.02. The van der Waals surface area contributed by atoms with Gasteiger partial charge in [0, 0.05) is 16.0 Å². The molecule has 0 amide bonds. The molecule has 3 heteroatoms. The molecule has 1 aliphatic rings. The summed E-state index contributed by atoms with van der Waals surface area (Å²) in [7, 11) is 0. The van der Waals surface area contributed by atoms with Crippen LogP contribution in [0.2, 0.25) is 5.02 Å². The van der Waals surface area contributed by atoms with Crippen molar-refractivity contribution in [1.29, 1.82) is 0 Å². The van der Waals surface area contributed by atoms with E-state index in [0.717, 1.165) is 11.3 Å². The highest BCUT2D eigenvalue weighted by molar-refractivity contribution is 7.13. The van der Waals surface area contributed by atoms with Crippen LogP contribution in [0, 0.1) is 0 Å². The van der Waals surface area contributed by atoms with Gasteiger partial charge in [-0.25, -0.2) is 0 Å². The first-order chi connectivity index (χ1) is 6.86. The summed E-state index contributed by atoms with van der Waals surface area (Å²) in [5.74, 6) is 0.823. The van der Waals surface area contributed by atoms with E-state index in [9.17, 15) is 0 Å². The van der Waals surface area contributed by atoms with Crippen molar-refractivity contribution in [1.82, 2.24) is 0 Å². The molecule has 1 nitrogen and oxygen atoms in total. The van der Waals surface area contributed by atoms with Gasteiger partial charge in [-0.2, -0.15) is 0 Å². The Morgan fingerprint density at radius 2 is 2.21 bits per heavy atom. The summed E-state index contributed by atoms with van der Waals surface area (Å²) in [4.78, 5) is 1.29. The van der Waals surface area contributed by atoms with Gasteiger partial charge in [-0.3, -0.25) is 0 Å². The van der Waals surface area contributed by atoms with Gasteiger partial charge in [0.15, 0.2) is 0 Å². The lowest BCUT2D eigenvalue weighted by atomic mass is 10.1. The van der Waals surface area contributed by atoms with Crippen LogP contribution in [0.25, 0.3) is 10.4 Å². The predicted octanol–water partition coefficient (Wildman–Crippen LogP) is 3.96. The molecule has 0 radical (unpaired) electrons. The Hall–Kier alpha value is -0.990. The maximum Gasteiger partial charge on any atom is 0.147 e. The van der Waals surface area contributed by atoms with Crippen molar-refractivity contribution < 1.29 is 4.74 Å². The number of ether oxygens (including phenoxy) is 1. The maximum absolute atomic E-state index is 6.06. The van der Waals surface area contributed by atoms with Gasteiger partial charge in [0.25, 0.3) is 0 Å². The number of hydrogen-bond donors (Lipinski definition) is 0. The number of rotatable bonds is 0. The van der Waals surface area contributed by atoms with E-state index in [-0.39, 0.29) is 0 Å². The minimum Gasteiger partial charge on any atom is -0.487 e. The van der Waals surface area contributed by atoms with E-state index in [4.69, 9.17) is 16.3 Å². The lowest BCUT2D eigenvalue weighted by molar-refractivity contribution is 0.303. The fourth-order valence-corrected chi connectivity index (χ4v) is 2.83. The number of para-hydroxylation sites is 1. The quantitative estimate of drug-likeness (QED) is 0.656. The fraction of sp³-hybridized carbons (Fsp3) is 0.0909. The number of halogens is 1. The van der Waals surface area contributed by atoms with Gasteiger partial charge in [-0.05, 0) is 23.6 Å². The van der Waals surface area contributed by atoms with Crippen LogP contribution in [-0.4, -0.2) is 0 Å². The van der Waals surface area contributed by atoms with Crippen LogP contribution in [0.4, 0.5) is 0 Å². The van der Waals surface area contributed by atoms with E-state index in [1.807, 2.05) is 12.1 Å². The normalized spacial score (nSPS) is 12.9. The number of benzene rings is 1. The molecular weight excluding hydrogens is 216 g/mol. The summed E-state index contributed by atoms with van der Waals surface area (Å²) >= 11 is 7.79. The Morgan fingerprint density at radius 1 is 1.29 bits per heavy atom. The molecule has 1 aromatic carbocycles. The monoisotopic (exact) mass is 222 g/mol. The minimum atomic E-state index is 0.634. The Kier molecular flexibility index (Phi) is 1.79. The van der Waals surface area contributed by atoms with E-state index in [1.54, 1.807) is 11.3 Å². The summed E-state index contributed by atoms with van der Waals surface area (Å²) in [5.41, 5.74) is 2.37. The highest BCUT2D eigenvalue weighted by atomic mass is 35.5. The Morgan fingerprint density at radius 3 is 3.14 bits per heavy atom. The van der Waals surface area contributed by atoms with Gasteiger partial charge in [0.05, 0.1) is 5.02 Å². The molecule has 0 saturated carbocycles. The van der Waals surface area contributed by atoms with E-state index in [1.165, 1.54) is 10.4 Å². The number of thiophene rings is 1. The van der Waals surface area contributed by atoms with E-state index < -0.39 is 0 Å². The summed E-state index contributed by atoms with van der Waals surface area (Å²) in [6, 6.07) is 7.97. The molecule has 0 saturated heterocycles. The third-order valence-electron chi connectivity index (χ3n) is 2.33. The highest BCUT2D eigenvalue weighted by Gasteiger charge is 2.19. The van der Waals surface area contributed by atoms with E-state index in [2.05, 4.69) is 17.5 Å². The Bertz CT molecular complexity index is 490. The molecule has 2 heterocycles. The van der Waals surface area contributed by atoms with Crippen molar-refractivity contribution >= 4 is 22.9 Å². The standard InChI is InChI=1S/C11H7ClOS/c12-9-3-1-2-8-10(9)13-6-7-4-5-14-11(7)8/h1-5H,6H2. The second kappa shape index (κ2) is 3.01. The summed E-state index contributed by atoms with van der Waals surface area (Å²) < 4.78 is 5.61. The van der Waals surface area contributed by atoms with Crippen molar-refractivity contribution in [2.24, 2.45) is 0 Å². The molecule has 0 fully saturated rings. The van der Waals surface area contributed by atoms with Crippen LogP contribution in [0.5, 0.6) is 5.75 Å². The summed E-state index contributed by atoms with van der Waals surface area (Å²) in [5, 5.41) is 2.78. The summed E-state index contributed by atoms with van der Waals surface area (Å²) in [6.45, 7) is 0.634. The SMILES string of the molecule is Clc1cccc2c1OCc1ccsc1-2. The molecule has 0 bridgehead atoms. The average Bonchev–Trinajstić information content (AvgIpc) is 2.66. The maximum atomic E-state index is 6.06. The zero-order valence-corrected chi connectivity index (χ0v) is 8.86. The molecule has 14 heavy (non-hydrogen) atoms. The van der Waals surface area contributed by atoms with Crippen molar-refractivity contribution in [2.75, 3.05) is 0 Å². The molecule has 0 atom stereocenters. The lowest BCUT2D eigenvalue weighted by Gasteiger charge is -2.18. The molecule has 70 valence electrons. The van der Waals surface area contributed by atoms with Crippen LogP contribution in [0.3, 0.4) is 0 Å². The molecular formula is C11H7ClOS. The van der Waals surface area contributed by atoms with Gasteiger partial charge in [-0.15, -0.1) is 11.3 Å². The number of fused-ring (bicyclic) bond motifs is 3. The first-order valence-corrected chi connectivity index (χ1v) is 5.60. The van der Waals surface area contributed by atoms with Crippen molar-refractivity contribution in [3.05, 3.63) is 40.2 Å². The smallest absolute Gasteiger partial charge is 0.147 e. The van der Waals surface area contributed by atoms with Gasteiger partial charge in [0.2, 0.25) is 0 Å². The highest BCUT2D eigenvalue weighted by Crippen LogP contribution is 2.43. The van der Waals surface area contributed by atoms with Crippen molar-refractivity contribution in [2.45, 2.75) is 6.61 Å². The largest absolute Gasteiger partial charge is 0.487 e.